The molecule has 0 radical (unpaired) electrons. The molecule has 19 nitrogen and oxygen atoms in total. The van der Waals surface area contributed by atoms with Crippen molar-refractivity contribution in [3.8, 4) is 0 Å². The Kier molecular flexibility index (Phi) is 17.5. The van der Waals surface area contributed by atoms with Gasteiger partial charge in [0.2, 0.25) is 0 Å². The van der Waals surface area contributed by atoms with Gasteiger partial charge in [0.1, 0.15) is 23.9 Å². The Hall–Kier alpha value is -6.71. The van der Waals surface area contributed by atoms with Crippen molar-refractivity contribution < 1.29 is 82.4 Å². The molecule has 1 amide bonds. The van der Waals surface area contributed by atoms with Crippen LogP contribution in [0.4, 0.5) is 0 Å². The molecule has 10 aliphatic rings. The van der Waals surface area contributed by atoms with Crippen LogP contribution in [0.1, 0.15) is 159 Å². The fourth-order valence-corrected chi connectivity index (χ4v) is 19.1. The van der Waals surface area contributed by atoms with Crippen molar-refractivity contribution in [3.05, 3.63) is 142 Å². The molecule has 3 aliphatic heterocycles. The number of carbonyl (C=O) groups excluding carboxylic acids is 7. The number of piperidine rings is 1. The predicted molar refractivity (Wildman–Crippen MR) is 338 cm³/mol. The van der Waals surface area contributed by atoms with E-state index in [9.17, 15) is 49.2 Å². The van der Waals surface area contributed by atoms with Crippen molar-refractivity contribution in [1.29, 1.82) is 0 Å². The summed E-state index contributed by atoms with van der Waals surface area (Å²) in [5.41, 5.74) is -3.59. The number of aliphatic hydroxyl groups excluding tert-OH is 3. The standard InChI is InChI=1S/C47H51NO14.C27H39NO3/c1-25-31(60-43(56)36(52)35(28-16-10-7-11-17-28)48-41(54)29-18-12-8-13-19-29)23-47(57)40(61-42(55)30-20-14-9-15-21-30)38-45(6,32(51)22-33-46(38,24-58-33)62-27(3)50)39(53)37(59-26(2)49)34(25)44(47,4)5;1-14-11-21-24(28-13-14)16(3)27(31-21)10-8-19-20-6-5-17-12-18(29)7-9-26(17,4)23(20)25(30)22(19)15(27)2/h7-21,31-33,35-38,40,51-52,57H,22-24H2,1-6H3,(H,48,54);5,14,16,18-21,23-24,28-29H,6-13H2,1-4H3/t31-,32-,33+,35-,36+,37+,38-,40-,45+,46-,47+;14-,16+,18-,19-,20-,21+,23+,24-,26-,27-/m00/s1. The zero-order valence-corrected chi connectivity index (χ0v) is 54.8. The molecule has 1 spiro atoms. The van der Waals surface area contributed by atoms with Gasteiger partial charge >= 0.3 is 23.9 Å². The Bertz CT molecular complexity index is 3570. The van der Waals surface area contributed by atoms with E-state index >= 15 is 4.79 Å². The summed E-state index contributed by atoms with van der Waals surface area (Å²) in [6, 6.07) is 23.3. The van der Waals surface area contributed by atoms with Crippen molar-refractivity contribution in [3.63, 3.8) is 0 Å². The number of hydrogen-bond donors (Lipinski definition) is 6. The second-order valence-corrected chi connectivity index (χ2v) is 29.4. The molecule has 6 N–H and O–H groups in total. The van der Waals surface area contributed by atoms with E-state index in [1.165, 1.54) is 37.1 Å². The highest BCUT2D eigenvalue weighted by atomic mass is 16.6. The number of Topliss-reactive ketones (excluding diaryl/α,β-unsaturated/α-hetero) is 2. The SMILES string of the molecule is CC(=O)O[C@H]1C(=O)[C@@]2(C)[C@H]([C@H](OC(=O)c3ccccc3)[C@]3(O)C[C@H](OC(=O)[C@H](O)[C@@H](NC(=O)c4ccccc4)c4ccccc4)C(C)=C1C3(C)C)[C@]1(OC(C)=O)CO[C@@H]1C[C@@H]2O.CC1=C2C(=O)[C@H]3[C@@H](CC=C4C[C@@H](O)CC[C@@]43C)[C@@H]2CC[C@]12O[C@@H]1C[C@H](C)CN[C@H]1[C@H]2C. The van der Waals surface area contributed by atoms with Gasteiger partial charge in [0.05, 0.1) is 53.5 Å². The molecule has 7 aliphatic carbocycles. The molecule has 7 fully saturated rings. The van der Waals surface area contributed by atoms with Crippen LogP contribution >= 0.6 is 0 Å². The Morgan fingerprint density at radius 3 is 2.10 bits per heavy atom. The number of hydrogen-bond acceptors (Lipinski definition) is 18. The van der Waals surface area contributed by atoms with Crippen LogP contribution in [0.2, 0.25) is 0 Å². The number of esters is 4. The van der Waals surface area contributed by atoms with Crippen molar-refractivity contribution >= 4 is 41.4 Å². The third-order valence-corrected chi connectivity index (χ3v) is 24.1. The molecule has 3 aromatic rings. The maximum absolute atomic E-state index is 15.5. The van der Waals surface area contributed by atoms with E-state index < -0.39 is 113 Å². The predicted octanol–water partition coefficient (Wildman–Crippen LogP) is 7.92. The average Bonchev–Trinajstić information content (AvgIpc) is 1.32. The molecule has 21 atom stereocenters. The number of aliphatic hydroxyl groups is 4. The molecule has 13 rings (SSSR count). The second kappa shape index (κ2) is 24.5. The Morgan fingerprint density at radius 2 is 1.46 bits per heavy atom. The van der Waals surface area contributed by atoms with Gasteiger partial charge in [-0.25, -0.2) is 9.59 Å². The first-order valence-corrected chi connectivity index (χ1v) is 33.3. The topological polar surface area (TPSA) is 280 Å². The molecule has 2 bridgehead atoms. The third kappa shape index (κ3) is 10.7. The van der Waals surface area contributed by atoms with Crippen LogP contribution in [0.25, 0.3) is 0 Å². The molecule has 3 heterocycles. The molecule has 0 unspecified atom stereocenters. The van der Waals surface area contributed by atoms with E-state index in [0.29, 0.717) is 41.1 Å². The van der Waals surface area contributed by atoms with Crippen LogP contribution < -0.4 is 10.6 Å². The second-order valence-electron chi connectivity index (χ2n) is 29.4. The molecule has 498 valence electrons. The fraction of sp³-hybridized carbons (Fsp3) is 0.581. The van der Waals surface area contributed by atoms with Gasteiger partial charge in [0, 0.05) is 61.1 Å². The van der Waals surface area contributed by atoms with Crippen LogP contribution in [-0.2, 0) is 52.4 Å². The lowest BCUT2D eigenvalue weighted by molar-refractivity contribution is -0.346. The molecule has 93 heavy (non-hydrogen) atoms. The number of allylic oxidation sites excluding steroid dienone is 2. The molecular formula is C74H90N2O17. The average molecular weight is 1280 g/mol. The summed E-state index contributed by atoms with van der Waals surface area (Å²) in [6.07, 6.45) is -1.28. The molecular weight excluding hydrogens is 1190 g/mol. The van der Waals surface area contributed by atoms with E-state index in [1.807, 2.05) is 0 Å². The maximum atomic E-state index is 15.5. The minimum atomic E-state index is -2.39. The largest absolute Gasteiger partial charge is 0.456 e. The number of amides is 1. The summed E-state index contributed by atoms with van der Waals surface area (Å²) >= 11 is 0. The highest BCUT2D eigenvalue weighted by Crippen LogP contribution is 2.66. The summed E-state index contributed by atoms with van der Waals surface area (Å²) in [5.74, 6) is -4.43. The van der Waals surface area contributed by atoms with E-state index in [4.69, 9.17) is 28.4 Å². The first-order valence-electron chi connectivity index (χ1n) is 33.3. The highest BCUT2D eigenvalue weighted by Gasteiger charge is 2.78. The molecule has 19 heteroatoms. The van der Waals surface area contributed by atoms with Crippen molar-refractivity contribution in [2.45, 2.75) is 205 Å². The Labute approximate surface area is 543 Å². The van der Waals surface area contributed by atoms with Gasteiger partial charge in [-0.3, -0.25) is 24.0 Å². The maximum Gasteiger partial charge on any atom is 0.338 e. The summed E-state index contributed by atoms with van der Waals surface area (Å²) in [5, 5.41) is 54.3. The fourth-order valence-electron chi connectivity index (χ4n) is 19.1. The van der Waals surface area contributed by atoms with Gasteiger partial charge in [-0.1, -0.05) is 113 Å². The number of carbonyl (C=O) groups is 7. The van der Waals surface area contributed by atoms with Gasteiger partial charge in [-0.05, 0) is 142 Å². The summed E-state index contributed by atoms with van der Waals surface area (Å²) in [7, 11) is 0. The Balaban J connectivity index is 0.000000222. The van der Waals surface area contributed by atoms with E-state index in [1.54, 1.807) is 92.7 Å². The summed E-state index contributed by atoms with van der Waals surface area (Å²) < 4.78 is 37.2. The van der Waals surface area contributed by atoms with Gasteiger partial charge < -0.3 is 59.5 Å². The van der Waals surface area contributed by atoms with E-state index in [2.05, 4.69) is 44.4 Å². The van der Waals surface area contributed by atoms with E-state index in [-0.39, 0.29) is 64.4 Å². The summed E-state index contributed by atoms with van der Waals surface area (Å²) in [6.45, 7) is 18.3. The molecule has 0 aromatic heterocycles. The number of rotatable bonds is 10. The highest BCUT2D eigenvalue weighted by molar-refractivity contribution is 6.03. The van der Waals surface area contributed by atoms with Gasteiger partial charge in [-0.2, -0.15) is 0 Å². The first kappa shape index (κ1) is 66.3. The quantitative estimate of drug-likeness (QED) is 0.0639. The first-order chi connectivity index (χ1) is 44.0. The minimum absolute atomic E-state index is 0.00289. The van der Waals surface area contributed by atoms with Gasteiger partial charge in [0.25, 0.3) is 5.91 Å². The van der Waals surface area contributed by atoms with Gasteiger partial charge in [0.15, 0.2) is 29.4 Å². The monoisotopic (exact) mass is 1280 g/mol. The lowest BCUT2D eigenvalue weighted by Crippen LogP contribution is -2.82. The van der Waals surface area contributed by atoms with Crippen molar-refractivity contribution in [2.24, 2.45) is 51.8 Å². The van der Waals surface area contributed by atoms with Crippen LogP contribution in [-0.4, -0.2) is 147 Å². The minimum Gasteiger partial charge on any atom is -0.456 e. The van der Waals surface area contributed by atoms with E-state index in [0.717, 1.165) is 70.9 Å². The van der Waals surface area contributed by atoms with Crippen LogP contribution in [0, 0.1) is 51.8 Å². The summed E-state index contributed by atoms with van der Waals surface area (Å²) in [4.78, 5) is 97.6. The molecule has 3 aromatic carbocycles. The van der Waals surface area contributed by atoms with Crippen LogP contribution in [0.3, 0.4) is 0 Å². The zero-order valence-electron chi connectivity index (χ0n) is 54.8. The smallest absolute Gasteiger partial charge is 0.338 e. The van der Waals surface area contributed by atoms with Gasteiger partial charge in [-0.15, -0.1) is 0 Å². The number of benzene rings is 3. The molecule has 4 saturated carbocycles. The number of fused-ring (bicyclic) bond motifs is 11. The van der Waals surface area contributed by atoms with Crippen LogP contribution in [0.5, 0.6) is 0 Å². The lowest BCUT2D eigenvalue weighted by Gasteiger charge is -2.67. The Morgan fingerprint density at radius 1 is 0.806 bits per heavy atom. The zero-order chi connectivity index (χ0) is 66.6. The van der Waals surface area contributed by atoms with Crippen molar-refractivity contribution in [1.82, 2.24) is 10.6 Å². The van der Waals surface area contributed by atoms with Crippen LogP contribution in [0.15, 0.2) is 125 Å². The third-order valence-electron chi connectivity index (χ3n) is 24.1. The number of ether oxygens (including phenoxy) is 6. The number of nitrogens with one attached hydrogen (secondary N) is 2. The number of ketones is 2. The van der Waals surface area contributed by atoms with Crippen molar-refractivity contribution in [2.75, 3.05) is 13.2 Å². The lowest BCUT2D eigenvalue weighted by atomic mass is 9.44. The normalized spacial score (nSPS) is 39.1. The molecule has 3 saturated heterocycles.